The van der Waals surface area contributed by atoms with Gasteiger partial charge in [-0.15, -0.1) is 0 Å². The van der Waals surface area contributed by atoms with Gasteiger partial charge in [0, 0.05) is 25.4 Å². The molecule has 1 aromatic rings. The van der Waals surface area contributed by atoms with Crippen LogP contribution in [0, 0.1) is 5.92 Å². The largest absolute Gasteiger partial charge is 0.481 e. The Morgan fingerprint density at radius 1 is 1.45 bits per heavy atom. The van der Waals surface area contributed by atoms with Gasteiger partial charge in [-0.05, 0) is 18.1 Å². The number of urea groups is 1. The van der Waals surface area contributed by atoms with Gasteiger partial charge in [0.15, 0.2) is 0 Å². The maximum absolute atomic E-state index is 11.5. The van der Waals surface area contributed by atoms with E-state index >= 15 is 0 Å². The number of pyridine rings is 1. The summed E-state index contributed by atoms with van der Waals surface area (Å²) in [6.45, 7) is 2.27. The summed E-state index contributed by atoms with van der Waals surface area (Å²) in [5.74, 6) is -0.851. The van der Waals surface area contributed by atoms with E-state index in [-0.39, 0.29) is 6.03 Å². The van der Waals surface area contributed by atoms with Gasteiger partial charge in [-0.1, -0.05) is 6.92 Å². The van der Waals surface area contributed by atoms with Crippen molar-refractivity contribution >= 4 is 12.0 Å². The summed E-state index contributed by atoms with van der Waals surface area (Å²) in [5, 5.41) is 14.0. The third-order valence-electron chi connectivity index (χ3n) is 2.75. The molecule has 0 radical (unpaired) electrons. The van der Waals surface area contributed by atoms with E-state index in [1.165, 1.54) is 7.11 Å². The minimum atomic E-state index is -0.865. The molecule has 0 bridgehead atoms. The van der Waals surface area contributed by atoms with E-state index in [1.54, 1.807) is 25.3 Å². The molecule has 0 aromatic carbocycles. The zero-order valence-corrected chi connectivity index (χ0v) is 11.5. The number of carboxylic acids is 1. The van der Waals surface area contributed by atoms with Crippen LogP contribution in [0.15, 0.2) is 18.3 Å². The quantitative estimate of drug-likeness (QED) is 0.692. The lowest BCUT2D eigenvalue weighted by atomic mass is 10.1. The average molecular weight is 281 g/mol. The van der Waals surface area contributed by atoms with Gasteiger partial charge in [-0.25, -0.2) is 9.78 Å². The maximum atomic E-state index is 11.5. The second-order valence-corrected chi connectivity index (χ2v) is 4.34. The van der Waals surface area contributed by atoms with E-state index in [1.807, 2.05) is 0 Å². The highest BCUT2D eigenvalue weighted by atomic mass is 16.5. The fourth-order valence-corrected chi connectivity index (χ4v) is 1.44. The van der Waals surface area contributed by atoms with Crippen molar-refractivity contribution in [2.45, 2.75) is 19.9 Å². The Kier molecular flexibility index (Phi) is 6.28. The number of carbonyl (C=O) groups is 2. The van der Waals surface area contributed by atoms with Crippen LogP contribution in [-0.4, -0.2) is 35.7 Å². The number of aromatic nitrogens is 1. The summed E-state index contributed by atoms with van der Waals surface area (Å²) in [6.07, 6.45) is 1.99. The van der Waals surface area contributed by atoms with Gasteiger partial charge in [0.1, 0.15) is 0 Å². The second-order valence-electron chi connectivity index (χ2n) is 4.34. The summed E-state index contributed by atoms with van der Waals surface area (Å²) in [7, 11) is 1.52. The first-order valence-corrected chi connectivity index (χ1v) is 6.26. The number of methoxy groups -OCH3 is 1. The molecule has 1 rings (SSSR count). The highest BCUT2D eigenvalue weighted by Gasteiger charge is 2.10. The molecule has 1 unspecified atom stereocenters. The zero-order chi connectivity index (χ0) is 15.0. The number of aliphatic carboxylic acids is 1. The monoisotopic (exact) mass is 281 g/mol. The number of amides is 2. The molecule has 0 aliphatic carbocycles. The molecule has 0 saturated heterocycles. The number of nitrogens with one attached hydrogen (secondary N) is 2. The molecule has 7 heteroatoms. The molecular formula is C13H19N3O4. The molecule has 20 heavy (non-hydrogen) atoms. The van der Waals surface area contributed by atoms with E-state index in [0.29, 0.717) is 25.4 Å². The van der Waals surface area contributed by atoms with Crippen molar-refractivity contribution < 1.29 is 19.4 Å². The minimum absolute atomic E-state index is 0.318. The lowest BCUT2D eigenvalue weighted by molar-refractivity contribution is -0.141. The van der Waals surface area contributed by atoms with Crippen molar-refractivity contribution in [1.29, 1.82) is 0 Å². The predicted octanol–water partition coefficient (Wildman–Crippen LogP) is 1.00. The Labute approximate surface area is 117 Å². The van der Waals surface area contributed by atoms with Gasteiger partial charge in [0.05, 0.1) is 13.0 Å². The van der Waals surface area contributed by atoms with Crippen LogP contribution in [-0.2, 0) is 11.3 Å². The number of ether oxygens (including phenoxy) is 1. The Morgan fingerprint density at radius 2 is 2.20 bits per heavy atom. The number of hydrogen-bond acceptors (Lipinski definition) is 4. The molecule has 1 atom stereocenters. The molecule has 0 aliphatic heterocycles. The van der Waals surface area contributed by atoms with Crippen molar-refractivity contribution in [2.24, 2.45) is 5.92 Å². The molecule has 2 amide bonds. The SMILES string of the molecule is COc1cc(CNC(=O)NCCC(C)C(=O)O)ccn1. The van der Waals surface area contributed by atoms with Crippen LogP contribution < -0.4 is 15.4 Å². The molecule has 110 valence electrons. The molecule has 0 saturated carbocycles. The molecular weight excluding hydrogens is 262 g/mol. The number of carbonyl (C=O) groups excluding carboxylic acids is 1. The fraction of sp³-hybridized carbons (Fsp3) is 0.462. The summed E-state index contributed by atoms with van der Waals surface area (Å²) in [4.78, 5) is 26.1. The van der Waals surface area contributed by atoms with Crippen molar-refractivity contribution in [3.8, 4) is 5.88 Å². The van der Waals surface area contributed by atoms with Crippen LogP contribution in [0.25, 0.3) is 0 Å². The van der Waals surface area contributed by atoms with Crippen LogP contribution in [0.1, 0.15) is 18.9 Å². The van der Waals surface area contributed by atoms with Crippen LogP contribution in [0.3, 0.4) is 0 Å². The highest BCUT2D eigenvalue weighted by molar-refractivity contribution is 5.74. The number of hydrogen-bond donors (Lipinski definition) is 3. The number of carboxylic acid groups (broad SMARTS) is 1. The first-order valence-electron chi connectivity index (χ1n) is 6.26. The van der Waals surface area contributed by atoms with Crippen LogP contribution in [0.2, 0.25) is 0 Å². The van der Waals surface area contributed by atoms with E-state index in [2.05, 4.69) is 15.6 Å². The first kappa shape index (κ1) is 15.7. The maximum Gasteiger partial charge on any atom is 0.315 e. The van der Waals surface area contributed by atoms with Crippen LogP contribution in [0.4, 0.5) is 4.79 Å². The molecule has 0 spiro atoms. The van der Waals surface area contributed by atoms with Gasteiger partial charge in [-0.2, -0.15) is 0 Å². The van der Waals surface area contributed by atoms with Gasteiger partial charge >= 0.3 is 12.0 Å². The third kappa shape index (κ3) is 5.55. The average Bonchev–Trinajstić information content (AvgIpc) is 2.45. The Bertz CT molecular complexity index is 465. The zero-order valence-electron chi connectivity index (χ0n) is 11.5. The Morgan fingerprint density at radius 3 is 2.85 bits per heavy atom. The lowest BCUT2D eigenvalue weighted by Crippen LogP contribution is -2.36. The fourth-order valence-electron chi connectivity index (χ4n) is 1.44. The summed E-state index contributed by atoms with van der Waals surface area (Å²) < 4.78 is 4.98. The standard InChI is InChI=1S/C13H19N3O4/c1-9(12(17)18)3-5-15-13(19)16-8-10-4-6-14-11(7-10)20-2/h4,6-7,9H,3,5,8H2,1-2H3,(H,17,18)(H2,15,16,19). The smallest absolute Gasteiger partial charge is 0.315 e. The Hall–Kier alpha value is -2.31. The normalized spacial score (nSPS) is 11.5. The van der Waals surface area contributed by atoms with Crippen molar-refractivity contribution in [3.05, 3.63) is 23.9 Å². The molecule has 0 fully saturated rings. The molecule has 0 aliphatic rings. The Balaban J connectivity index is 2.27. The van der Waals surface area contributed by atoms with Gasteiger partial charge in [-0.3, -0.25) is 4.79 Å². The summed E-state index contributed by atoms with van der Waals surface area (Å²) in [6, 6.07) is 3.17. The summed E-state index contributed by atoms with van der Waals surface area (Å²) in [5.41, 5.74) is 0.867. The van der Waals surface area contributed by atoms with E-state index in [0.717, 1.165) is 5.56 Å². The predicted molar refractivity (Wildman–Crippen MR) is 72.4 cm³/mol. The van der Waals surface area contributed by atoms with E-state index < -0.39 is 11.9 Å². The summed E-state index contributed by atoms with van der Waals surface area (Å²) >= 11 is 0. The topological polar surface area (TPSA) is 101 Å². The van der Waals surface area contributed by atoms with Crippen LogP contribution in [0.5, 0.6) is 5.88 Å². The molecule has 1 heterocycles. The minimum Gasteiger partial charge on any atom is -0.481 e. The number of nitrogens with zero attached hydrogens (tertiary/aromatic N) is 1. The second kappa shape index (κ2) is 7.98. The van der Waals surface area contributed by atoms with Crippen molar-refractivity contribution in [2.75, 3.05) is 13.7 Å². The van der Waals surface area contributed by atoms with Gasteiger partial charge < -0.3 is 20.5 Å². The highest BCUT2D eigenvalue weighted by Crippen LogP contribution is 2.07. The molecule has 1 aromatic heterocycles. The van der Waals surface area contributed by atoms with Crippen molar-refractivity contribution in [3.63, 3.8) is 0 Å². The first-order chi connectivity index (χ1) is 9.52. The van der Waals surface area contributed by atoms with E-state index in [9.17, 15) is 9.59 Å². The number of rotatable bonds is 7. The third-order valence-corrected chi connectivity index (χ3v) is 2.75. The van der Waals surface area contributed by atoms with Crippen LogP contribution >= 0.6 is 0 Å². The molecule has 7 nitrogen and oxygen atoms in total. The van der Waals surface area contributed by atoms with E-state index in [4.69, 9.17) is 9.84 Å². The lowest BCUT2D eigenvalue weighted by Gasteiger charge is -2.09. The van der Waals surface area contributed by atoms with Gasteiger partial charge in [0.25, 0.3) is 0 Å². The van der Waals surface area contributed by atoms with Crippen molar-refractivity contribution in [1.82, 2.24) is 15.6 Å². The van der Waals surface area contributed by atoms with Gasteiger partial charge in [0.2, 0.25) is 5.88 Å². The molecule has 3 N–H and O–H groups in total.